The lowest BCUT2D eigenvalue weighted by molar-refractivity contribution is 0.0729. The number of carbonyl (C=O) groups excluding carboxylic acids is 1. The van der Waals surface area contributed by atoms with Crippen LogP contribution in [0.4, 0.5) is 0 Å². The van der Waals surface area contributed by atoms with Gasteiger partial charge in [-0.3, -0.25) is 9.78 Å². The average Bonchev–Trinajstić information content (AvgIpc) is 3.07. The minimum Gasteiger partial charge on any atom is -0.492 e. The van der Waals surface area contributed by atoms with Crippen molar-refractivity contribution in [1.82, 2.24) is 4.98 Å². The number of pyridine rings is 1. The van der Waals surface area contributed by atoms with Gasteiger partial charge in [-0.2, -0.15) is 0 Å². The van der Waals surface area contributed by atoms with E-state index in [0.717, 1.165) is 41.5 Å². The molecule has 0 saturated carbocycles. The number of aromatic nitrogens is 1. The van der Waals surface area contributed by atoms with Gasteiger partial charge in [-0.25, -0.2) is 4.79 Å². The fourth-order valence-electron chi connectivity index (χ4n) is 4.01. The highest BCUT2D eigenvalue weighted by molar-refractivity contribution is 7.98. The van der Waals surface area contributed by atoms with Crippen LogP contribution in [-0.2, 0) is 12.8 Å². The van der Waals surface area contributed by atoms with Gasteiger partial charge in [0.2, 0.25) is 5.75 Å². The Hall–Kier alpha value is -3.32. The zero-order valence-corrected chi connectivity index (χ0v) is 19.0. The number of ether oxygens (including phenoxy) is 3. The number of esters is 1. The first-order chi connectivity index (χ1) is 15.6. The molecule has 1 aliphatic carbocycles. The third-order valence-electron chi connectivity index (χ3n) is 5.49. The number of hydrogen-bond acceptors (Lipinski definition) is 7. The van der Waals surface area contributed by atoms with Crippen molar-refractivity contribution < 1.29 is 19.0 Å². The maximum atomic E-state index is 12.7. The van der Waals surface area contributed by atoms with E-state index in [1.807, 2.05) is 24.5 Å². The number of aryl methyl sites for hydroxylation is 2. The number of methoxy groups -OCH3 is 2. The highest BCUT2D eigenvalue weighted by Gasteiger charge is 2.26. The number of benzene rings is 1. The van der Waals surface area contributed by atoms with Crippen LogP contribution in [0, 0.1) is 0 Å². The number of fused-ring (bicyclic) bond motifs is 3. The molecule has 0 bridgehead atoms. The largest absolute Gasteiger partial charge is 0.492 e. The minimum absolute atomic E-state index is 0.0102. The summed E-state index contributed by atoms with van der Waals surface area (Å²) in [5.74, 6) is 0.604. The monoisotopic (exact) mass is 449 g/mol. The molecule has 4 rings (SSSR count). The van der Waals surface area contributed by atoms with Crippen molar-refractivity contribution in [2.75, 3.05) is 20.5 Å². The molecule has 1 aliphatic rings. The standard InChI is InChI=1S/C25H23NO5S/c1-29-23-20(31-25(28)15-9-11-26-12-10-15)14-17-6-4-5-16-13-19(27)21(32-3)8-7-18(16)22(17)24(23)30-2/h7-14H,4-6H2,1-3H3. The first kappa shape index (κ1) is 21.9. The molecule has 0 amide bonds. The summed E-state index contributed by atoms with van der Waals surface area (Å²) >= 11 is 1.43. The lowest BCUT2D eigenvalue weighted by Crippen LogP contribution is -2.10. The summed E-state index contributed by atoms with van der Waals surface area (Å²) in [6.45, 7) is 0. The van der Waals surface area contributed by atoms with Gasteiger partial charge in [0.25, 0.3) is 0 Å². The van der Waals surface area contributed by atoms with Gasteiger partial charge >= 0.3 is 5.97 Å². The van der Waals surface area contributed by atoms with Gasteiger partial charge in [0.1, 0.15) is 0 Å². The van der Waals surface area contributed by atoms with Crippen LogP contribution >= 0.6 is 11.8 Å². The van der Waals surface area contributed by atoms with Crippen LogP contribution in [-0.4, -0.2) is 31.4 Å². The van der Waals surface area contributed by atoms with Crippen molar-refractivity contribution in [1.29, 1.82) is 0 Å². The summed E-state index contributed by atoms with van der Waals surface area (Å²) < 4.78 is 17.1. The Morgan fingerprint density at radius 2 is 1.69 bits per heavy atom. The Labute approximate surface area is 190 Å². The Morgan fingerprint density at radius 1 is 0.969 bits per heavy atom. The highest BCUT2D eigenvalue weighted by Crippen LogP contribution is 2.49. The molecule has 7 heteroatoms. The SMILES string of the molecule is COc1c(OC(=O)c2ccncc2)cc2c(c1OC)-c1ccc(SC)c(=O)cc1CCC2. The van der Waals surface area contributed by atoms with Gasteiger partial charge in [0, 0.05) is 18.0 Å². The molecule has 0 radical (unpaired) electrons. The smallest absolute Gasteiger partial charge is 0.343 e. The van der Waals surface area contributed by atoms with Crippen molar-refractivity contribution in [3.63, 3.8) is 0 Å². The lowest BCUT2D eigenvalue weighted by Gasteiger charge is -2.19. The zero-order valence-electron chi connectivity index (χ0n) is 18.1. The Balaban J connectivity index is 1.90. The Morgan fingerprint density at radius 3 is 2.38 bits per heavy atom. The Bertz CT molecular complexity index is 1230. The van der Waals surface area contributed by atoms with E-state index in [0.29, 0.717) is 27.7 Å². The summed E-state index contributed by atoms with van der Waals surface area (Å²) in [4.78, 5) is 29.9. The topological polar surface area (TPSA) is 74.7 Å². The molecule has 0 fully saturated rings. The maximum absolute atomic E-state index is 12.7. The second kappa shape index (κ2) is 9.44. The van der Waals surface area contributed by atoms with Crippen molar-refractivity contribution >= 4 is 17.7 Å². The second-order valence-corrected chi connectivity index (χ2v) is 8.15. The number of hydrogen-bond donors (Lipinski definition) is 0. The van der Waals surface area contributed by atoms with E-state index >= 15 is 0 Å². The van der Waals surface area contributed by atoms with Crippen molar-refractivity contribution in [3.8, 4) is 28.4 Å². The summed E-state index contributed by atoms with van der Waals surface area (Å²) in [6.07, 6.45) is 7.33. The molecule has 0 aliphatic heterocycles. The zero-order chi connectivity index (χ0) is 22.7. The van der Waals surface area contributed by atoms with Gasteiger partial charge in [-0.15, -0.1) is 11.8 Å². The van der Waals surface area contributed by atoms with Crippen LogP contribution < -0.4 is 19.6 Å². The highest BCUT2D eigenvalue weighted by atomic mass is 32.2. The van der Waals surface area contributed by atoms with E-state index < -0.39 is 5.97 Å². The fourth-order valence-corrected chi connectivity index (χ4v) is 4.48. The van der Waals surface area contributed by atoms with Gasteiger partial charge in [-0.1, -0.05) is 6.07 Å². The summed E-state index contributed by atoms with van der Waals surface area (Å²) in [6, 6.07) is 10.6. The Kier molecular flexibility index (Phi) is 6.46. The normalized spacial score (nSPS) is 12.2. The third kappa shape index (κ3) is 4.08. The first-order valence-electron chi connectivity index (χ1n) is 10.2. The molecule has 2 aromatic carbocycles. The van der Waals surface area contributed by atoms with Crippen molar-refractivity contribution in [3.05, 3.63) is 75.7 Å². The van der Waals surface area contributed by atoms with Gasteiger partial charge < -0.3 is 14.2 Å². The van der Waals surface area contributed by atoms with Crippen LogP contribution in [0.15, 0.2) is 58.5 Å². The molecule has 32 heavy (non-hydrogen) atoms. The van der Waals surface area contributed by atoms with E-state index in [9.17, 15) is 9.59 Å². The quantitative estimate of drug-likeness (QED) is 0.321. The molecule has 1 aromatic heterocycles. The van der Waals surface area contributed by atoms with E-state index in [4.69, 9.17) is 14.2 Å². The molecular weight excluding hydrogens is 426 g/mol. The van der Waals surface area contributed by atoms with E-state index in [-0.39, 0.29) is 5.43 Å². The maximum Gasteiger partial charge on any atom is 0.343 e. The van der Waals surface area contributed by atoms with Crippen LogP contribution in [0.1, 0.15) is 27.9 Å². The predicted octanol–water partition coefficient (Wildman–Crippen LogP) is 4.56. The van der Waals surface area contributed by atoms with Crippen LogP contribution in [0.2, 0.25) is 0 Å². The first-order valence-corrected chi connectivity index (χ1v) is 11.4. The minimum atomic E-state index is -0.506. The van der Waals surface area contributed by atoms with Crippen LogP contribution in [0.25, 0.3) is 11.1 Å². The molecule has 164 valence electrons. The van der Waals surface area contributed by atoms with Crippen LogP contribution in [0.5, 0.6) is 17.2 Å². The van der Waals surface area contributed by atoms with Crippen molar-refractivity contribution in [2.45, 2.75) is 24.2 Å². The molecule has 0 unspecified atom stereocenters. The summed E-state index contributed by atoms with van der Waals surface area (Å²) in [5.41, 5.74) is 4.14. The second-order valence-electron chi connectivity index (χ2n) is 7.30. The van der Waals surface area contributed by atoms with E-state index in [1.165, 1.54) is 31.3 Å². The van der Waals surface area contributed by atoms with E-state index in [2.05, 4.69) is 4.98 Å². The van der Waals surface area contributed by atoms with E-state index in [1.54, 1.807) is 25.3 Å². The molecule has 1 heterocycles. The molecule has 3 aromatic rings. The summed E-state index contributed by atoms with van der Waals surface area (Å²) in [5, 5.41) is 0. The molecule has 0 spiro atoms. The molecule has 0 N–H and O–H groups in total. The number of nitrogens with zero attached hydrogens (tertiary/aromatic N) is 1. The van der Waals surface area contributed by atoms with Gasteiger partial charge in [-0.05, 0) is 72.5 Å². The number of rotatable bonds is 5. The van der Waals surface area contributed by atoms with Gasteiger partial charge in [0.05, 0.1) is 24.7 Å². The molecular formula is C25H23NO5S. The van der Waals surface area contributed by atoms with Gasteiger partial charge in [0.15, 0.2) is 16.9 Å². The fraction of sp³-hybridized carbons (Fsp3) is 0.240. The third-order valence-corrected chi connectivity index (χ3v) is 6.26. The predicted molar refractivity (Wildman–Crippen MR) is 124 cm³/mol. The number of carbonyl (C=O) groups is 1. The van der Waals surface area contributed by atoms with Crippen LogP contribution in [0.3, 0.4) is 0 Å². The molecule has 0 atom stereocenters. The lowest BCUT2D eigenvalue weighted by atomic mass is 9.96. The molecule has 6 nitrogen and oxygen atoms in total. The number of thioether (sulfide) groups is 1. The molecule has 0 saturated heterocycles. The van der Waals surface area contributed by atoms with Crippen molar-refractivity contribution in [2.24, 2.45) is 0 Å². The average molecular weight is 450 g/mol. The summed E-state index contributed by atoms with van der Waals surface area (Å²) in [7, 11) is 3.07.